The molecule has 3 saturated heterocycles. The molecule has 18 rings (SSSR count). The second-order valence-corrected chi connectivity index (χ2v) is 31.1. The molecule has 3 atom stereocenters. The van der Waals surface area contributed by atoms with Crippen molar-refractivity contribution >= 4 is 93.3 Å². The van der Waals surface area contributed by atoms with Crippen LogP contribution in [0, 0.1) is 40.9 Å². The van der Waals surface area contributed by atoms with E-state index in [1.165, 1.54) is 22.3 Å². The van der Waals surface area contributed by atoms with Gasteiger partial charge in [0.15, 0.2) is 0 Å². The van der Waals surface area contributed by atoms with Gasteiger partial charge in [-0.3, -0.25) is 29.7 Å². The molecule has 6 aromatic heterocycles. The topological polar surface area (TPSA) is 270 Å². The van der Waals surface area contributed by atoms with Crippen LogP contribution >= 0.6 is 23.2 Å². The number of carbonyl (C=O) groups excluding carboxylic acids is 3. The SMILES string of the molecule is CCc1nccn1CC1=Cc2cccnc2C(N2CCN(C(=O)Nc3ccc(C#N)cc3)CC2)c2ccc(Cl)cc21.Cc1nccn1CC1=Cc2cccnc2C(N2CCN(C(=O)Nc3ccc(C#N)cc3)CC2)c2ccccc21.Cn1cncc1CC1=Cc2cccnc2C(N2CCN(C(=O)Nc3ccc(C#N)cc3)CC2)c2ccc(Cl)cc21. The summed E-state index contributed by atoms with van der Waals surface area (Å²) in [6.07, 6.45) is 25.3. The Hall–Kier alpha value is -13.6. The number of allylic oxidation sites excluding steroid dienone is 3. The van der Waals surface area contributed by atoms with Gasteiger partial charge in [-0.2, -0.15) is 15.8 Å². The molecule has 120 heavy (non-hydrogen) atoms. The molecule has 3 aliphatic heterocycles. The summed E-state index contributed by atoms with van der Waals surface area (Å²) >= 11 is 13.1. The van der Waals surface area contributed by atoms with Crippen molar-refractivity contribution < 1.29 is 14.4 Å². The quantitative estimate of drug-likeness (QED) is 0.0968. The van der Waals surface area contributed by atoms with Crippen molar-refractivity contribution in [1.29, 1.82) is 15.8 Å². The van der Waals surface area contributed by atoms with Crippen molar-refractivity contribution in [1.82, 2.24) is 73.0 Å². The van der Waals surface area contributed by atoms with Crippen molar-refractivity contribution in [3.05, 3.63) is 337 Å². The van der Waals surface area contributed by atoms with Gasteiger partial charge in [-0.1, -0.05) is 84.7 Å². The van der Waals surface area contributed by atoms with E-state index in [0.29, 0.717) is 122 Å². The van der Waals surface area contributed by atoms with Crippen molar-refractivity contribution in [3.63, 3.8) is 0 Å². The highest BCUT2D eigenvalue weighted by molar-refractivity contribution is 6.31. The first-order valence-corrected chi connectivity index (χ1v) is 40.9. The number of piperazine rings is 3. The van der Waals surface area contributed by atoms with Crippen LogP contribution in [0.25, 0.3) is 34.9 Å². The average Bonchev–Trinajstić information content (AvgIpc) is 1.59. The number of carbonyl (C=O) groups is 3. The highest BCUT2D eigenvalue weighted by Crippen LogP contribution is 2.45. The van der Waals surface area contributed by atoms with E-state index < -0.39 is 0 Å². The fraction of sp³-hybridized carbons (Fsp3) is 0.234. The zero-order valence-corrected chi connectivity index (χ0v) is 68.2. The van der Waals surface area contributed by atoms with Crippen molar-refractivity contribution in [2.75, 3.05) is 94.5 Å². The van der Waals surface area contributed by atoms with Gasteiger partial charge in [0.1, 0.15) is 11.6 Å². The number of nitrogens with one attached hydrogen (secondary N) is 3. The lowest BCUT2D eigenvalue weighted by Crippen LogP contribution is -2.51. The van der Waals surface area contributed by atoms with E-state index in [4.69, 9.17) is 53.9 Å². The third-order valence-corrected chi connectivity index (χ3v) is 23.5. The van der Waals surface area contributed by atoms with Crippen molar-refractivity contribution in [3.8, 4) is 18.2 Å². The standard InChI is InChI=1S/C32H30ClN7O.C31H28ClN7O.C31H29N7O/c1-2-29-35-12-13-40(29)21-24-18-23-4-3-11-36-30(23)31(27-10-7-25(33)19-28(24)27)38-14-16-39(17-15-38)32(41)37-26-8-5-22(20-34)6-9-26;1-37-20-34-19-26(37)16-23-15-22-3-2-10-35-29(22)30(27-9-6-24(32)17-28(23)27)38-11-13-39(14-12-38)31(40)36-25-7-4-21(18-33)5-8-25;1-22-33-13-14-38(22)21-25-19-24-5-4-12-34-29(24)30(28-7-3-2-6-27(25)28)36-15-17-37(18-16-36)31(39)35-26-10-8-23(20-32)9-11-26/h3-13,18-19,31H,2,14-17,21H2,1H3,(H,37,41);2-10,15,17,19-20,30H,11-14,16H2,1H3,(H,36,40);2-14,19,30H,15-18,21H2,1H3,(H,35,39). The number of urea groups is 3. The lowest BCUT2D eigenvalue weighted by molar-refractivity contribution is 0.125. The Bertz CT molecular complexity index is 6000. The number of aromatic nitrogens is 9. The number of benzene rings is 6. The number of aryl methyl sites for hydroxylation is 3. The molecular weight excluding hydrogens is 1540 g/mol. The molecule has 0 spiro atoms. The van der Waals surface area contributed by atoms with Crippen LogP contribution in [0.1, 0.15) is 126 Å². The minimum Gasteiger partial charge on any atom is -0.337 e. The van der Waals surface area contributed by atoms with E-state index in [-0.39, 0.29) is 36.2 Å². The number of hydrogen-bond acceptors (Lipinski definition) is 15. The van der Waals surface area contributed by atoms with Crippen LogP contribution in [-0.2, 0) is 33.0 Å². The van der Waals surface area contributed by atoms with Crippen LogP contribution in [0.15, 0.2) is 226 Å². The summed E-state index contributed by atoms with van der Waals surface area (Å²) in [5.74, 6) is 2.02. The summed E-state index contributed by atoms with van der Waals surface area (Å²) in [6, 6.07) is 59.6. The summed E-state index contributed by atoms with van der Waals surface area (Å²) in [5, 5.41) is 37.3. The Kier molecular flexibility index (Phi) is 24.4. The molecule has 600 valence electrons. The number of imidazole rings is 3. The molecule has 0 radical (unpaired) electrons. The highest BCUT2D eigenvalue weighted by atomic mass is 35.5. The first kappa shape index (κ1) is 80.2. The number of halogens is 2. The zero-order chi connectivity index (χ0) is 82.8. The van der Waals surface area contributed by atoms with Crippen LogP contribution in [-0.4, -0.2) is 170 Å². The number of nitrogens with zero attached hydrogens (tertiary/aromatic N) is 18. The molecule has 3 fully saturated rings. The second kappa shape index (κ2) is 36.5. The predicted molar refractivity (Wildman–Crippen MR) is 467 cm³/mol. The lowest BCUT2D eigenvalue weighted by atomic mass is 9.92. The second-order valence-electron chi connectivity index (χ2n) is 30.2. The lowest BCUT2D eigenvalue weighted by Gasteiger charge is -2.39. The van der Waals surface area contributed by atoms with E-state index in [0.717, 1.165) is 105 Å². The van der Waals surface area contributed by atoms with Crippen LogP contribution in [0.3, 0.4) is 0 Å². The van der Waals surface area contributed by atoms with Crippen molar-refractivity contribution in [2.24, 2.45) is 7.05 Å². The molecule has 9 heterocycles. The fourth-order valence-electron chi connectivity index (χ4n) is 16.7. The molecule has 3 unspecified atom stereocenters. The largest absolute Gasteiger partial charge is 0.337 e. The molecular formula is C94H87Cl2N21O3. The Morgan fingerprint density at radius 2 is 0.833 bits per heavy atom. The van der Waals surface area contributed by atoms with Gasteiger partial charge in [-0.15, -0.1) is 0 Å². The molecule has 6 aromatic carbocycles. The van der Waals surface area contributed by atoms with Gasteiger partial charge >= 0.3 is 18.1 Å². The monoisotopic (exact) mass is 1630 g/mol. The van der Waals surface area contributed by atoms with E-state index in [1.807, 2.05) is 119 Å². The number of rotatable bonds is 13. The van der Waals surface area contributed by atoms with E-state index in [1.54, 1.807) is 72.8 Å². The van der Waals surface area contributed by atoms with E-state index in [2.05, 4.69) is 165 Å². The maximum Gasteiger partial charge on any atom is 0.321 e. The molecule has 26 heteroatoms. The molecule has 3 aliphatic carbocycles. The average molecular weight is 1630 g/mol. The number of fused-ring (bicyclic) bond motifs is 6. The van der Waals surface area contributed by atoms with Crippen LogP contribution in [0.5, 0.6) is 0 Å². The Morgan fingerprint density at radius 1 is 0.442 bits per heavy atom. The van der Waals surface area contributed by atoms with Gasteiger partial charge in [-0.05, 0) is 207 Å². The number of hydrogen-bond donors (Lipinski definition) is 3. The maximum atomic E-state index is 13.0. The van der Waals surface area contributed by atoms with Gasteiger partial charge in [0, 0.05) is 194 Å². The molecule has 0 bridgehead atoms. The Morgan fingerprint density at radius 3 is 1.24 bits per heavy atom. The van der Waals surface area contributed by atoms with Gasteiger partial charge in [0.25, 0.3) is 0 Å². The molecule has 24 nitrogen and oxygen atoms in total. The first-order valence-electron chi connectivity index (χ1n) is 40.1. The third kappa shape index (κ3) is 17.8. The minimum atomic E-state index is -0.143. The molecule has 3 N–H and O–H groups in total. The van der Waals surface area contributed by atoms with Gasteiger partial charge < -0.3 is 44.4 Å². The third-order valence-electron chi connectivity index (χ3n) is 23.0. The smallest absolute Gasteiger partial charge is 0.321 e. The first-order chi connectivity index (χ1) is 58.6. The summed E-state index contributed by atoms with van der Waals surface area (Å²) in [5.41, 5.74) is 21.7. The van der Waals surface area contributed by atoms with E-state index in [9.17, 15) is 14.4 Å². The van der Waals surface area contributed by atoms with Crippen LogP contribution < -0.4 is 16.0 Å². The minimum absolute atomic E-state index is 0.0150. The number of nitriles is 3. The molecule has 0 saturated carbocycles. The Balaban J connectivity index is 0.000000134. The molecule has 12 aromatic rings. The molecule has 6 aliphatic rings. The van der Waals surface area contributed by atoms with Gasteiger partial charge in [0.05, 0.1) is 76.4 Å². The summed E-state index contributed by atoms with van der Waals surface area (Å²) in [4.78, 5) is 79.7. The maximum absolute atomic E-state index is 13.0. The van der Waals surface area contributed by atoms with Crippen LogP contribution in [0.2, 0.25) is 10.0 Å². The van der Waals surface area contributed by atoms with Gasteiger partial charge in [-0.25, -0.2) is 29.3 Å². The molecule has 6 amide bonds. The zero-order valence-electron chi connectivity index (χ0n) is 66.7. The summed E-state index contributed by atoms with van der Waals surface area (Å²) in [7, 11) is 2.01. The van der Waals surface area contributed by atoms with Crippen LogP contribution in [0.4, 0.5) is 31.4 Å². The van der Waals surface area contributed by atoms with E-state index >= 15 is 0 Å². The Labute approximate surface area is 706 Å². The number of pyridine rings is 3. The predicted octanol–water partition coefficient (Wildman–Crippen LogP) is 16.2. The fourth-order valence-corrected chi connectivity index (χ4v) is 17.1. The number of anilines is 3. The van der Waals surface area contributed by atoms with Gasteiger partial charge in [0.2, 0.25) is 0 Å². The summed E-state index contributed by atoms with van der Waals surface area (Å²) < 4.78 is 6.40. The highest BCUT2D eigenvalue weighted by Gasteiger charge is 2.38. The van der Waals surface area contributed by atoms with Crippen molar-refractivity contribution in [2.45, 2.75) is 57.9 Å². The normalized spacial score (nSPS) is 16.8. The number of amides is 6. The summed E-state index contributed by atoms with van der Waals surface area (Å²) in [6.45, 7) is 13.3.